The molecule has 1 aromatic heterocycles. The number of nitrogens with zero attached hydrogens (tertiary/aromatic N) is 1. The van der Waals surface area contributed by atoms with Gasteiger partial charge in [0.1, 0.15) is 11.6 Å². The number of hydrogen-bond donors (Lipinski definition) is 2. The van der Waals surface area contributed by atoms with Crippen LogP contribution in [-0.2, 0) is 16.0 Å². The van der Waals surface area contributed by atoms with Crippen LogP contribution in [0.4, 0.5) is 4.79 Å². The molecule has 6 nitrogen and oxygen atoms in total. The number of ether oxygens (including phenoxy) is 1. The average Bonchev–Trinajstić information content (AvgIpc) is 2.36. The molecule has 1 amide bonds. The minimum Gasteiger partial charge on any atom is -0.480 e. The second-order valence-electron chi connectivity index (χ2n) is 5.78. The van der Waals surface area contributed by atoms with Gasteiger partial charge in [0, 0.05) is 12.4 Å². The van der Waals surface area contributed by atoms with E-state index in [0.29, 0.717) is 12.8 Å². The molecule has 0 fully saturated rings. The minimum absolute atomic E-state index is 0.344. The number of carbonyl (C=O) groups is 2. The van der Waals surface area contributed by atoms with Crippen LogP contribution in [0.2, 0.25) is 0 Å². The van der Waals surface area contributed by atoms with Crippen molar-refractivity contribution in [3.05, 3.63) is 30.1 Å². The summed E-state index contributed by atoms with van der Waals surface area (Å²) >= 11 is 0. The van der Waals surface area contributed by atoms with Crippen molar-refractivity contribution in [2.45, 2.75) is 51.7 Å². The van der Waals surface area contributed by atoms with E-state index in [-0.39, 0.29) is 0 Å². The number of hydrogen-bond acceptors (Lipinski definition) is 4. The Hall–Kier alpha value is -2.11. The number of aliphatic carboxylic acids is 1. The summed E-state index contributed by atoms with van der Waals surface area (Å²) in [6, 6.07) is 2.83. The van der Waals surface area contributed by atoms with Gasteiger partial charge in [-0.05, 0) is 57.7 Å². The van der Waals surface area contributed by atoms with Crippen LogP contribution in [0, 0.1) is 0 Å². The van der Waals surface area contributed by atoms with Crippen LogP contribution in [-0.4, -0.2) is 33.8 Å². The number of alkyl carbamates (subject to hydrolysis) is 1. The first kappa shape index (κ1) is 16.9. The number of pyridine rings is 1. The topological polar surface area (TPSA) is 88.5 Å². The fraction of sp³-hybridized carbons (Fsp3) is 0.533. The molecule has 0 aliphatic carbocycles. The van der Waals surface area contributed by atoms with Crippen LogP contribution in [0.3, 0.4) is 0 Å². The van der Waals surface area contributed by atoms with Gasteiger partial charge in [-0.25, -0.2) is 9.59 Å². The average molecular weight is 294 g/mol. The van der Waals surface area contributed by atoms with Crippen LogP contribution in [0.25, 0.3) is 0 Å². The standard InChI is InChI=1S/C15H22N2O4/c1-15(2,3)21-14(20)17-12(13(18)19)6-4-5-11-7-9-16-10-8-11/h7-10,12H,4-6H2,1-3H3,(H,17,20)(H,18,19). The molecule has 1 rings (SSSR count). The lowest BCUT2D eigenvalue weighted by molar-refractivity contribution is -0.139. The molecule has 1 unspecified atom stereocenters. The quantitative estimate of drug-likeness (QED) is 0.841. The number of aryl methyl sites for hydroxylation is 1. The first-order valence-electron chi connectivity index (χ1n) is 6.89. The number of carbonyl (C=O) groups excluding carboxylic acids is 1. The van der Waals surface area contributed by atoms with Crippen molar-refractivity contribution in [2.24, 2.45) is 0 Å². The van der Waals surface area contributed by atoms with E-state index in [9.17, 15) is 9.59 Å². The molecule has 0 aromatic carbocycles. The van der Waals surface area contributed by atoms with Crippen molar-refractivity contribution in [1.82, 2.24) is 10.3 Å². The van der Waals surface area contributed by atoms with E-state index in [0.717, 1.165) is 12.0 Å². The van der Waals surface area contributed by atoms with Gasteiger partial charge in [-0.15, -0.1) is 0 Å². The largest absolute Gasteiger partial charge is 0.480 e. The fourth-order valence-electron chi connectivity index (χ4n) is 1.77. The van der Waals surface area contributed by atoms with Gasteiger partial charge in [0.05, 0.1) is 0 Å². The van der Waals surface area contributed by atoms with Gasteiger partial charge in [0.2, 0.25) is 0 Å². The minimum atomic E-state index is -1.06. The highest BCUT2D eigenvalue weighted by atomic mass is 16.6. The van der Waals surface area contributed by atoms with E-state index in [1.54, 1.807) is 33.2 Å². The Morgan fingerprint density at radius 2 is 1.95 bits per heavy atom. The zero-order valence-corrected chi connectivity index (χ0v) is 12.6. The van der Waals surface area contributed by atoms with Gasteiger partial charge in [-0.2, -0.15) is 0 Å². The molecule has 0 aliphatic heterocycles. The Labute approximate surface area is 124 Å². The van der Waals surface area contributed by atoms with Crippen molar-refractivity contribution in [3.8, 4) is 0 Å². The summed E-state index contributed by atoms with van der Waals surface area (Å²) in [6.07, 6.45) is 4.42. The highest BCUT2D eigenvalue weighted by molar-refractivity contribution is 5.79. The lowest BCUT2D eigenvalue weighted by atomic mass is 10.1. The number of carboxylic acid groups (broad SMARTS) is 1. The predicted molar refractivity (Wildman–Crippen MR) is 78.0 cm³/mol. The second-order valence-corrected chi connectivity index (χ2v) is 5.78. The molecule has 0 spiro atoms. The van der Waals surface area contributed by atoms with Gasteiger partial charge in [0.25, 0.3) is 0 Å². The maximum absolute atomic E-state index is 11.6. The summed E-state index contributed by atoms with van der Waals surface area (Å²) in [5.74, 6) is -1.06. The van der Waals surface area contributed by atoms with E-state index < -0.39 is 23.7 Å². The van der Waals surface area contributed by atoms with Crippen LogP contribution < -0.4 is 5.32 Å². The van der Waals surface area contributed by atoms with Crippen LogP contribution in [0.5, 0.6) is 0 Å². The summed E-state index contributed by atoms with van der Waals surface area (Å²) in [5.41, 5.74) is 0.441. The van der Waals surface area contributed by atoms with Crippen molar-refractivity contribution in [3.63, 3.8) is 0 Å². The highest BCUT2D eigenvalue weighted by Gasteiger charge is 2.23. The molecule has 0 saturated heterocycles. The summed E-state index contributed by atoms with van der Waals surface area (Å²) in [4.78, 5) is 26.7. The number of nitrogens with one attached hydrogen (secondary N) is 1. The van der Waals surface area contributed by atoms with Crippen molar-refractivity contribution < 1.29 is 19.4 Å². The Balaban J connectivity index is 2.43. The zero-order chi connectivity index (χ0) is 15.9. The van der Waals surface area contributed by atoms with E-state index in [2.05, 4.69) is 10.3 Å². The molecule has 0 aliphatic rings. The molecule has 0 saturated carbocycles. The van der Waals surface area contributed by atoms with E-state index in [1.165, 1.54) is 0 Å². The Bertz CT molecular complexity index is 468. The summed E-state index contributed by atoms with van der Waals surface area (Å²) in [6.45, 7) is 5.18. The monoisotopic (exact) mass is 294 g/mol. The maximum Gasteiger partial charge on any atom is 0.408 e. The molecule has 6 heteroatoms. The van der Waals surface area contributed by atoms with Gasteiger partial charge >= 0.3 is 12.1 Å². The van der Waals surface area contributed by atoms with Crippen molar-refractivity contribution >= 4 is 12.1 Å². The van der Waals surface area contributed by atoms with Crippen molar-refractivity contribution in [2.75, 3.05) is 0 Å². The van der Waals surface area contributed by atoms with E-state index in [1.807, 2.05) is 12.1 Å². The Kier molecular flexibility index (Phi) is 6.14. The predicted octanol–water partition coefficient (Wildman–Crippen LogP) is 2.38. The number of rotatable bonds is 6. The van der Waals surface area contributed by atoms with Crippen LogP contribution in [0.1, 0.15) is 39.2 Å². The molecule has 2 N–H and O–H groups in total. The summed E-state index contributed by atoms with van der Waals surface area (Å²) < 4.78 is 5.06. The molecular weight excluding hydrogens is 272 g/mol. The molecule has 0 radical (unpaired) electrons. The molecule has 1 aromatic rings. The summed E-state index contributed by atoms with van der Waals surface area (Å²) in [5, 5.41) is 11.5. The lowest BCUT2D eigenvalue weighted by Gasteiger charge is -2.22. The normalized spacial score (nSPS) is 12.5. The molecule has 116 valence electrons. The molecule has 1 atom stereocenters. The Morgan fingerprint density at radius 1 is 1.33 bits per heavy atom. The third-order valence-corrected chi connectivity index (χ3v) is 2.70. The lowest BCUT2D eigenvalue weighted by Crippen LogP contribution is -2.43. The van der Waals surface area contributed by atoms with Gasteiger partial charge in [-0.3, -0.25) is 4.98 Å². The van der Waals surface area contributed by atoms with Gasteiger partial charge in [-0.1, -0.05) is 0 Å². The van der Waals surface area contributed by atoms with Crippen LogP contribution in [0.15, 0.2) is 24.5 Å². The number of aromatic nitrogens is 1. The van der Waals surface area contributed by atoms with E-state index >= 15 is 0 Å². The Morgan fingerprint density at radius 3 is 2.48 bits per heavy atom. The third-order valence-electron chi connectivity index (χ3n) is 2.70. The zero-order valence-electron chi connectivity index (χ0n) is 12.6. The van der Waals surface area contributed by atoms with E-state index in [4.69, 9.17) is 9.84 Å². The fourth-order valence-corrected chi connectivity index (χ4v) is 1.77. The maximum atomic E-state index is 11.6. The van der Waals surface area contributed by atoms with Gasteiger partial charge in [0.15, 0.2) is 0 Å². The number of amides is 1. The smallest absolute Gasteiger partial charge is 0.408 e. The molecule has 0 bridgehead atoms. The first-order chi connectivity index (χ1) is 9.78. The van der Waals surface area contributed by atoms with Gasteiger partial charge < -0.3 is 15.2 Å². The second kappa shape index (κ2) is 7.61. The third kappa shape index (κ3) is 7.29. The molecule has 21 heavy (non-hydrogen) atoms. The molecular formula is C15H22N2O4. The van der Waals surface area contributed by atoms with Crippen LogP contribution >= 0.6 is 0 Å². The SMILES string of the molecule is CC(C)(C)OC(=O)NC(CCCc1ccncc1)C(=O)O. The van der Waals surface area contributed by atoms with Crippen molar-refractivity contribution in [1.29, 1.82) is 0 Å². The molecule has 1 heterocycles. The first-order valence-corrected chi connectivity index (χ1v) is 6.89. The number of carboxylic acids is 1. The summed E-state index contributed by atoms with van der Waals surface area (Å²) in [7, 11) is 0. The highest BCUT2D eigenvalue weighted by Crippen LogP contribution is 2.09.